The molecule has 0 aromatic rings. The molecule has 12 atom stereocenters. The van der Waals surface area contributed by atoms with Crippen molar-refractivity contribution >= 4 is 8.32 Å². The van der Waals surface area contributed by atoms with Crippen LogP contribution in [0, 0.1) is 58.2 Å². The fraction of sp³-hybridized carbons (Fsp3) is 0.806. The van der Waals surface area contributed by atoms with Gasteiger partial charge < -0.3 is 19.7 Å². The Labute approximate surface area is 415 Å². The second-order valence-electron chi connectivity index (χ2n) is 25.8. The molecular weight excluding hydrogens is 837 g/mol. The molecule has 0 amide bonds. The van der Waals surface area contributed by atoms with E-state index in [0.717, 1.165) is 42.1 Å². The van der Waals surface area contributed by atoms with Crippen molar-refractivity contribution in [2.24, 2.45) is 58.2 Å². The van der Waals surface area contributed by atoms with Gasteiger partial charge in [0.25, 0.3) is 0 Å². The quantitative estimate of drug-likeness (QED) is 0.100. The normalized spacial score (nSPS) is 35.0. The van der Waals surface area contributed by atoms with Gasteiger partial charge in [-0.05, 0) is 212 Å². The first kappa shape index (κ1) is 56.4. The van der Waals surface area contributed by atoms with E-state index in [1.807, 2.05) is 13.8 Å². The number of fused-ring (bicyclic) bond motifs is 2. The summed E-state index contributed by atoms with van der Waals surface area (Å²) in [7, 11) is -1.55. The maximum absolute atomic E-state index is 10.1. The minimum Gasteiger partial charge on any atom is -0.412 e. The van der Waals surface area contributed by atoms with Gasteiger partial charge in [0, 0.05) is 0 Å². The molecule has 0 spiro atoms. The van der Waals surface area contributed by atoms with E-state index in [4.69, 9.17) is 4.43 Å². The Morgan fingerprint density at radius 1 is 0.657 bits per heavy atom. The number of aliphatic hydroxyl groups is 3. The van der Waals surface area contributed by atoms with E-state index < -0.39 is 26.1 Å². The standard InChI is InChI=1S/C35H62OSi.C27H44O3/c1-11-37(12-2,13-3)36-34(8,9)22-14-16-26(4)32-20-21-33-31(17-15-23-35(32,33)10)19-18-30-24-27(5)29(7)28(6)25-30;1-18(8-6-14-26(3,4)30)22-12-13-23-21(9-7-15-27(22,23)5)11-10-20-16-24(28)19(2)25(29)17-20/h18-19,26-28,32-33H,7,11-17,20-25H2,1-6,8-10H3;10-11,18,22-25,28-30H,2,6-9,12-17H2,1,3-5H3/b31-19+;21-11+/t26-,27-,28-,32?,33?,35-;18-,22?,23?,24-,25-,27-/m11/s1. The molecule has 67 heavy (non-hydrogen) atoms. The predicted molar refractivity (Wildman–Crippen MR) is 290 cm³/mol. The molecule has 3 N–H and O–H groups in total. The van der Waals surface area contributed by atoms with E-state index in [0.29, 0.717) is 52.9 Å². The minimum absolute atomic E-state index is 0.0325. The molecule has 6 rings (SSSR count). The first-order valence-corrected chi connectivity index (χ1v) is 30.9. The Hall–Kier alpha value is -1.50. The number of hydrogen-bond donors (Lipinski definition) is 3. The van der Waals surface area contributed by atoms with E-state index >= 15 is 0 Å². The third kappa shape index (κ3) is 14.1. The van der Waals surface area contributed by atoms with Crippen LogP contribution >= 0.6 is 0 Å². The summed E-state index contributed by atoms with van der Waals surface area (Å²) in [6.45, 7) is 38.7. The van der Waals surface area contributed by atoms with Crippen molar-refractivity contribution in [1.82, 2.24) is 0 Å². The zero-order chi connectivity index (χ0) is 49.5. The zero-order valence-corrected chi connectivity index (χ0v) is 47.0. The third-order valence-electron chi connectivity index (χ3n) is 20.0. The molecule has 5 heteroatoms. The molecule has 4 unspecified atom stereocenters. The maximum Gasteiger partial charge on any atom is 0.192 e. The molecule has 6 aliphatic rings. The van der Waals surface area contributed by atoms with Gasteiger partial charge in [-0.1, -0.05) is 153 Å². The summed E-state index contributed by atoms with van der Waals surface area (Å²) in [6, 6.07) is 3.75. The lowest BCUT2D eigenvalue weighted by Gasteiger charge is -2.44. The number of rotatable bonds is 17. The van der Waals surface area contributed by atoms with Gasteiger partial charge in [0.05, 0.1) is 23.4 Å². The van der Waals surface area contributed by atoms with E-state index in [2.05, 4.69) is 114 Å². The van der Waals surface area contributed by atoms with Crippen LogP contribution in [0.15, 0.2) is 70.9 Å². The molecular formula is C62H106O4Si. The van der Waals surface area contributed by atoms with Crippen molar-refractivity contribution in [1.29, 1.82) is 0 Å². The molecule has 0 saturated heterocycles. The molecule has 4 nitrogen and oxygen atoms in total. The molecule has 0 aliphatic heterocycles. The highest BCUT2D eigenvalue weighted by Crippen LogP contribution is 2.61. The SMILES string of the molecule is C=C1[C@H](C)CC(=C/C=C2\CCC[C@@]3(C)C2CCC3[C@H](C)CCCC(C)(C)O[Si](CC)(CC)CC)C[C@H]1C.C=C1[C@H](O)CC(=C/C=C2\CCC[C@@]3(C)C2CCC3[C@H](C)CCCC(C)(C)O)C[C@H]1O. The van der Waals surface area contributed by atoms with Crippen LogP contribution in [-0.2, 0) is 4.43 Å². The van der Waals surface area contributed by atoms with Crippen LogP contribution in [0.5, 0.6) is 0 Å². The maximum atomic E-state index is 10.1. The largest absolute Gasteiger partial charge is 0.412 e. The molecule has 0 aromatic carbocycles. The smallest absolute Gasteiger partial charge is 0.192 e. The monoisotopic (exact) mass is 943 g/mol. The van der Waals surface area contributed by atoms with Gasteiger partial charge >= 0.3 is 0 Å². The molecule has 382 valence electrons. The summed E-state index contributed by atoms with van der Waals surface area (Å²) in [5, 5.41) is 30.3. The zero-order valence-electron chi connectivity index (χ0n) is 46.0. The van der Waals surface area contributed by atoms with Crippen LogP contribution in [0.2, 0.25) is 18.1 Å². The fourth-order valence-electron chi connectivity index (χ4n) is 15.5. The fourth-order valence-corrected chi connectivity index (χ4v) is 18.8. The highest BCUT2D eigenvalue weighted by atomic mass is 28.4. The van der Waals surface area contributed by atoms with Crippen molar-refractivity contribution in [3.63, 3.8) is 0 Å². The summed E-state index contributed by atoms with van der Waals surface area (Å²) >= 11 is 0. The predicted octanol–water partition coefficient (Wildman–Crippen LogP) is 17.0. The summed E-state index contributed by atoms with van der Waals surface area (Å²) in [6.07, 6.45) is 32.5. The lowest BCUT2D eigenvalue weighted by Crippen LogP contribution is -2.44. The van der Waals surface area contributed by atoms with E-state index in [-0.39, 0.29) is 5.60 Å². The van der Waals surface area contributed by atoms with Crippen molar-refractivity contribution < 1.29 is 19.7 Å². The molecule has 6 fully saturated rings. The lowest BCUT2D eigenvalue weighted by atomic mass is 9.60. The van der Waals surface area contributed by atoms with Gasteiger partial charge in [-0.25, -0.2) is 0 Å². The second-order valence-corrected chi connectivity index (χ2v) is 30.5. The van der Waals surface area contributed by atoms with Crippen molar-refractivity contribution in [3.05, 3.63) is 70.9 Å². The van der Waals surface area contributed by atoms with Gasteiger partial charge in [-0.3, -0.25) is 0 Å². The topological polar surface area (TPSA) is 69.9 Å². The van der Waals surface area contributed by atoms with Crippen LogP contribution in [0.4, 0.5) is 0 Å². The van der Waals surface area contributed by atoms with Crippen molar-refractivity contribution in [3.8, 4) is 0 Å². The first-order valence-electron chi connectivity index (χ1n) is 28.3. The van der Waals surface area contributed by atoms with Gasteiger partial charge in [0.1, 0.15) is 0 Å². The highest BCUT2D eigenvalue weighted by Gasteiger charge is 2.52. The number of hydrogen-bond acceptors (Lipinski definition) is 4. The van der Waals surface area contributed by atoms with Gasteiger partial charge in [-0.15, -0.1) is 0 Å². The molecule has 0 aromatic heterocycles. The Morgan fingerprint density at radius 3 is 1.49 bits per heavy atom. The summed E-state index contributed by atoms with van der Waals surface area (Å²) in [5.74, 6) is 5.93. The van der Waals surface area contributed by atoms with Crippen LogP contribution in [-0.4, -0.2) is 47.0 Å². The van der Waals surface area contributed by atoms with Gasteiger partial charge in [0.2, 0.25) is 0 Å². The Kier molecular flexibility index (Phi) is 20.1. The van der Waals surface area contributed by atoms with Crippen LogP contribution < -0.4 is 0 Å². The summed E-state index contributed by atoms with van der Waals surface area (Å²) in [5.41, 5.74) is 8.53. The summed E-state index contributed by atoms with van der Waals surface area (Å²) < 4.78 is 6.92. The van der Waals surface area contributed by atoms with E-state index in [1.165, 1.54) is 126 Å². The van der Waals surface area contributed by atoms with Crippen molar-refractivity contribution in [2.45, 2.75) is 260 Å². The Balaban J connectivity index is 0.000000256. The van der Waals surface area contributed by atoms with E-state index in [1.54, 1.807) is 16.7 Å². The molecule has 0 heterocycles. The van der Waals surface area contributed by atoms with E-state index in [9.17, 15) is 15.3 Å². The molecule has 0 bridgehead atoms. The van der Waals surface area contributed by atoms with Gasteiger partial charge in [-0.2, -0.15) is 0 Å². The highest BCUT2D eigenvalue weighted by molar-refractivity contribution is 6.73. The van der Waals surface area contributed by atoms with Gasteiger partial charge in [0.15, 0.2) is 8.32 Å². The second kappa shape index (κ2) is 23.8. The molecule has 6 aliphatic carbocycles. The average Bonchev–Trinajstić information content (AvgIpc) is 3.82. The van der Waals surface area contributed by atoms with Crippen molar-refractivity contribution in [2.75, 3.05) is 0 Å². The van der Waals surface area contributed by atoms with Crippen LogP contribution in [0.3, 0.4) is 0 Å². The number of allylic oxidation sites excluding steroid dienone is 8. The van der Waals surface area contributed by atoms with Crippen LogP contribution in [0.1, 0.15) is 218 Å². The number of aliphatic hydroxyl groups excluding tert-OH is 2. The third-order valence-corrected chi connectivity index (χ3v) is 24.8. The lowest BCUT2D eigenvalue weighted by molar-refractivity contribution is 0.0596. The molecule has 0 radical (unpaired) electrons. The van der Waals surface area contributed by atoms with Crippen LogP contribution in [0.25, 0.3) is 0 Å². The molecule has 6 saturated carbocycles. The minimum atomic E-state index is -1.55. The first-order chi connectivity index (χ1) is 31.4. The Morgan fingerprint density at radius 2 is 1.07 bits per heavy atom. The summed E-state index contributed by atoms with van der Waals surface area (Å²) in [4.78, 5) is 0. The Bertz CT molecular complexity index is 1730. The average molecular weight is 944 g/mol.